The first-order valence-corrected chi connectivity index (χ1v) is 10.3. The molecule has 5 N–H and O–H groups in total. The third-order valence-corrected chi connectivity index (χ3v) is 5.99. The number of nitrogens with one attached hydrogen (secondary N) is 3. The van der Waals surface area contributed by atoms with Gasteiger partial charge < -0.3 is 16.4 Å². The average Bonchev–Trinajstić information content (AvgIpc) is 2.81. The zero-order chi connectivity index (χ0) is 23.1. The third-order valence-electron chi connectivity index (χ3n) is 5.99. The van der Waals surface area contributed by atoms with Crippen molar-refractivity contribution >= 4 is 17.6 Å². The first kappa shape index (κ1) is 23.0. The summed E-state index contributed by atoms with van der Waals surface area (Å²) in [6, 6.07) is 11.7. The van der Waals surface area contributed by atoms with Gasteiger partial charge in [-0.3, -0.25) is 15.1 Å². The molecule has 0 spiro atoms. The Morgan fingerprint density at radius 3 is 2.50 bits per heavy atom. The quantitative estimate of drug-likeness (QED) is 0.188. The number of carbonyl (C=O) groups excluding carboxylic acids is 1. The van der Waals surface area contributed by atoms with Gasteiger partial charge in [0.25, 0.3) is 5.91 Å². The van der Waals surface area contributed by atoms with Crippen molar-refractivity contribution in [3.05, 3.63) is 65.2 Å². The zero-order valence-electron chi connectivity index (χ0n) is 17.8. The van der Waals surface area contributed by atoms with E-state index in [4.69, 9.17) is 11.0 Å². The normalized spacial score (nSPS) is 20.8. The van der Waals surface area contributed by atoms with Gasteiger partial charge in [0.05, 0.1) is 5.56 Å². The highest BCUT2D eigenvalue weighted by atomic mass is 19.2. The molecule has 1 aliphatic rings. The van der Waals surface area contributed by atoms with Gasteiger partial charge in [-0.2, -0.15) is 5.26 Å². The molecule has 2 aromatic rings. The van der Waals surface area contributed by atoms with Crippen LogP contribution in [0.2, 0.25) is 0 Å². The van der Waals surface area contributed by atoms with Gasteiger partial charge in [-0.15, -0.1) is 0 Å². The van der Waals surface area contributed by atoms with Crippen molar-refractivity contribution in [1.29, 1.82) is 5.26 Å². The molecule has 32 heavy (non-hydrogen) atoms. The molecule has 168 valence electrons. The summed E-state index contributed by atoms with van der Waals surface area (Å²) in [4.78, 5) is 16.7. The number of halogens is 2. The predicted octanol–water partition coefficient (Wildman–Crippen LogP) is 2.80. The van der Waals surface area contributed by atoms with Crippen molar-refractivity contribution in [2.75, 3.05) is 19.3 Å². The molecule has 0 radical (unpaired) electrons. The Morgan fingerprint density at radius 1 is 1.22 bits per heavy atom. The van der Waals surface area contributed by atoms with E-state index < -0.39 is 17.5 Å². The molecule has 2 aromatic carbocycles. The Morgan fingerprint density at radius 2 is 1.88 bits per heavy atom. The van der Waals surface area contributed by atoms with Crippen molar-refractivity contribution in [3.8, 4) is 6.19 Å². The highest BCUT2D eigenvalue weighted by Gasteiger charge is 2.37. The number of hydrogen-bond acceptors (Lipinski definition) is 4. The Kier molecular flexibility index (Phi) is 7.25. The Balaban J connectivity index is 1.75. The van der Waals surface area contributed by atoms with Crippen LogP contribution in [0.25, 0.3) is 0 Å². The van der Waals surface area contributed by atoms with Crippen LogP contribution < -0.4 is 21.7 Å². The lowest BCUT2D eigenvalue weighted by atomic mass is 9.68. The van der Waals surface area contributed by atoms with Gasteiger partial charge >= 0.3 is 0 Å². The second kappa shape index (κ2) is 10.1. The molecule has 1 fully saturated rings. The highest BCUT2D eigenvalue weighted by Crippen LogP contribution is 2.39. The minimum absolute atomic E-state index is 0.0890. The van der Waals surface area contributed by atoms with Crippen molar-refractivity contribution in [3.63, 3.8) is 0 Å². The van der Waals surface area contributed by atoms with Gasteiger partial charge in [-0.05, 0) is 37.3 Å². The van der Waals surface area contributed by atoms with Crippen LogP contribution in [0.4, 0.5) is 14.5 Å². The summed E-state index contributed by atoms with van der Waals surface area (Å²) in [6.07, 6.45) is 4.99. The molecule has 0 heterocycles. The van der Waals surface area contributed by atoms with Crippen LogP contribution in [0.3, 0.4) is 0 Å². The van der Waals surface area contributed by atoms with Gasteiger partial charge in [0, 0.05) is 36.8 Å². The third kappa shape index (κ3) is 5.14. The number of benzene rings is 2. The number of aliphatic imine (C=N–C) groups is 1. The van der Waals surface area contributed by atoms with E-state index in [0.29, 0.717) is 12.5 Å². The number of nitrogen functional groups attached to an aromatic ring is 1. The van der Waals surface area contributed by atoms with E-state index in [1.165, 1.54) is 0 Å². The summed E-state index contributed by atoms with van der Waals surface area (Å²) < 4.78 is 27.0. The van der Waals surface area contributed by atoms with Crippen LogP contribution in [-0.4, -0.2) is 31.5 Å². The van der Waals surface area contributed by atoms with Crippen LogP contribution in [0.5, 0.6) is 0 Å². The van der Waals surface area contributed by atoms with Crippen molar-refractivity contribution in [1.82, 2.24) is 16.0 Å². The minimum atomic E-state index is -1.12. The lowest BCUT2D eigenvalue weighted by Gasteiger charge is -2.41. The first-order valence-electron chi connectivity index (χ1n) is 10.3. The van der Waals surface area contributed by atoms with Gasteiger partial charge in [-0.1, -0.05) is 30.3 Å². The number of carbonyl (C=O) groups is 1. The molecule has 0 aromatic heterocycles. The van der Waals surface area contributed by atoms with Crippen LogP contribution in [0.15, 0.2) is 47.5 Å². The summed E-state index contributed by atoms with van der Waals surface area (Å²) in [7, 11) is 1.60. The van der Waals surface area contributed by atoms with Crippen LogP contribution in [0.1, 0.15) is 41.6 Å². The average molecular weight is 440 g/mol. The lowest BCUT2D eigenvalue weighted by molar-refractivity contribution is 0.0935. The SMILES string of the molecule is CN=C(NC#N)NC1CCC(CNC(=O)c2cc(F)c(F)cc2N)(c2ccccc2)CC1. The number of nitrogens with zero attached hydrogens (tertiary/aromatic N) is 2. The number of amides is 1. The second-order valence-electron chi connectivity index (χ2n) is 7.91. The molecule has 0 unspecified atom stereocenters. The zero-order valence-corrected chi connectivity index (χ0v) is 17.8. The molecule has 0 bridgehead atoms. The van der Waals surface area contributed by atoms with Gasteiger partial charge in [0.2, 0.25) is 5.96 Å². The molecule has 0 atom stereocenters. The molecule has 3 rings (SSSR count). The van der Waals surface area contributed by atoms with E-state index in [-0.39, 0.29) is 22.7 Å². The smallest absolute Gasteiger partial charge is 0.253 e. The van der Waals surface area contributed by atoms with Crippen LogP contribution in [-0.2, 0) is 5.41 Å². The van der Waals surface area contributed by atoms with Crippen LogP contribution in [0, 0.1) is 23.1 Å². The fourth-order valence-electron chi connectivity index (χ4n) is 4.18. The molecule has 0 aliphatic heterocycles. The molecule has 9 heteroatoms. The molecule has 1 aliphatic carbocycles. The highest BCUT2D eigenvalue weighted by molar-refractivity contribution is 5.99. The van der Waals surface area contributed by atoms with E-state index in [2.05, 4.69) is 20.9 Å². The van der Waals surface area contributed by atoms with Crippen molar-refractivity contribution in [2.24, 2.45) is 4.99 Å². The van der Waals surface area contributed by atoms with Crippen molar-refractivity contribution in [2.45, 2.75) is 37.1 Å². The maximum atomic E-state index is 13.6. The van der Waals surface area contributed by atoms with E-state index in [1.54, 1.807) is 7.05 Å². The molecular formula is C23H26F2N6O. The lowest BCUT2D eigenvalue weighted by Crippen LogP contribution is -2.49. The maximum absolute atomic E-state index is 13.6. The van der Waals surface area contributed by atoms with Gasteiger partial charge in [-0.25, -0.2) is 8.78 Å². The van der Waals surface area contributed by atoms with Gasteiger partial charge in [0.1, 0.15) is 0 Å². The fourth-order valence-corrected chi connectivity index (χ4v) is 4.18. The van der Waals surface area contributed by atoms with Crippen LogP contribution >= 0.6 is 0 Å². The standard InChI is InChI=1S/C23H26F2N6O/c1-28-22(30-14-26)31-16-7-9-23(10-8-16,15-5-3-2-4-6-15)13-29-21(32)17-11-18(24)19(25)12-20(17)27/h2-6,11-12,16H,7-10,13,27H2,1H3,(H,29,32)(H2,28,30,31). The summed E-state index contributed by atoms with van der Waals surface area (Å²) in [5, 5.41) is 17.5. The van der Waals surface area contributed by atoms with E-state index in [9.17, 15) is 13.6 Å². The van der Waals surface area contributed by atoms with Gasteiger partial charge in [0.15, 0.2) is 17.8 Å². The Labute approximate surface area is 185 Å². The molecule has 1 saturated carbocycles. The molecular weight excluding hydrogens is 414 g/mol. The Bertz CT molecular complexity index is 1030. The molecule has 1 amide bonds. The maximum Gasteiger partial charge on any atom is 0.253 e. The number of hydrogen-bond donors (Lipinski definition) is 4. The van der Waals surface area contributed by atoms with E-state index >= 15 is 0 Å². The first-order chi connectivity index (χ1) is 15.4. The monoisotopic (exact) mass is 440 g/mol. The Hall–Kier alpha value is -3.67. The second-order valence-corrected chi connectivity index (χ2v) is 7.91. The number of nitriles is 1. The summed E-state index contributed by atoms with van der Waals surface area (Å²) >= 11 is 0. The van der Waals surface area contributed by atoms with Crippen molar-refractivity contribution < 1.29 is 13.6 Å². The predicted molar refractivity (Wildman–Crippen MR) is 119 cm³/mol. The largest absolute Gasteiger partial charge is 0.398 e. The summed E-state index contributed by atoms with van der Waals surface area (Å²) in [6.45, 7) is 0.326. The van der Waals surface area contributed by atoms with E-state index in [1.807, 2.05) is 36.5 Å². The number of rotatable bonds is 5. The topological polar surface area (TPSA) is 115 Å². The fraction of sp³-hybridized carbons (Fsp3) is 0.348. The summed E-state index contributed by atoms with van der Waals surface area (Å²) in [5.74, 6) is -2.33. The number of guanidine groups is 1. The number of nitrogens with two attached hydrogens (primary N) is 1. The minimum Gasteiger partial charge on any atom is -0.398 e. The summed E-state index contributed by atoms with van der Waals surface area (Å²) in [5.41, 5.74) is 6.30. The molecule has 7 nitrogen and oxygen atoms in total. The number of anilines is 1. The van der Waals surface area contributed by atoms with E-state index in [0.717, 1.165) is 43.4 Å². The molecule has 0 saturated heterocycles.